The van der Waals surface area contributed by atoms with Gasteiger partial charge in [0.15, 0.2) is 0 Å². The highest BCUT2D eigenvalue weighted by Gasteiger charge is 2.21. The molecule has 0 fully saturated rings. The summed E-state index contributed by atoms with van der Waals surface area (Å²) >= 11 is 0. The van der Waals surface area contributed by atoms with Gasteiger partial charge in [0.25, 0.3) is 0 Å². The van der Waals surface area contributed by atoms with Gasteiger partial charge in [-0.25, -0.2) is 4.98 Å². The summed E-state index contributed by atoms with van der Waals surface area (Å²) in [6, 6.07) is 2.05. The van der Waals surface area contributed by atoms with Crippen LogP contribution in [0.2, 0.25) is 0 Å². The first-order valence-electron chi connectivity index (χ1n) is 9.16. The molecule has 1 N–H and O–H groups in total. The highest BCUT2D eigenvalue weighted by molar-refractivity contribution is 5.14. The number of likely N-dealkylation sites (N-methyl/N-ethyl adjacent to an activating group) is 1. The first kappa shape index (κ1) is 19.0. The molecule has 3 heterocycles. The van der Waals surface area contributed by atoms with Crippen molar-refractivity contribution in [2.24, 2.45) is 0 Å². The van der Waals surface area contributed by atoms with Gasteiger partial charge in [-0.3, -0.25) is 9.58 Å². The van der Waals surface area contributed by atoms with Crippen molar-refractivity contribution in [1.82, 2.24) is 29.1 Å². The molecule has 0 unspecified atom stereocenters. The fourth-order valence-electron chi connectivity index (χ4n) is 3.39. The molecule has 26 heavy (non-hydrogen) atoms. The average molecular weight is 362 g/mol. The van der Waals surface area contributed by atoms with Gasteiger partial charge in [-0.2, -0.15) is 5.10 Å². The molecular formula is C18H30N6O2. The minimum atomic E-state index is -0.548. The molecule has 0 amide bonds. The molecule has 0 spiro atoms. The van der Waals surface area contributed by atoms with E-state index in [4.69, 9.17) is 4.74 Å². The van der Waals surface area contributed by atoms with E-state index in [9.17, 15) is 5.11 Å². The highest BCUT2D eigenvalue weighted by Crippen LogP contribution is 2.20. The zero-order valence-corrected chi connectivity index (χ0v) is 16.0. The van der Waals surface area contributed by atoms with Gasteiger partial charge in [-0.15, -0.1) is 0 Å². The Morgan fingerprint density at radius 3 is 2.96 bits per heavy atom. The lowest BCUT2D eigenvalue weighted by molar-refractivity contribution is 0.133. The number of ether oxygens (including phenoxy) is 1. The number of hydrogen-bond donors (Lipinski definition) is 1. The van der Waals surface area contributed by atoms with Gasteiger partial charge in [-0.05, 0) is 26.6 Å². The minimum absolute atomic E-state index is 0.548. The molecule has 0 saturated heterocycles. The number of aryl methyl sites for hydroxylation is 1. The van der Waals surface area contributed by atoms with Crippen LogP contribution in [0.1, 0.15) is 29.6 Å². The third-order valence-corrected chi connectivity index (χ3v) is 4.71. The summed E-state index contributed by atoms with van der Waals surface area (Å²) in [4.78, 5) is 8.68. The van der Waals surface area contributed by atoms with Crippen molar-refractivity contribution in [2.45, 2.75) is 38.7 Å². The molecule has 8 nitrogen and oxygen atoms in total. The summed E-state index contributed by atoms with van der Waals surface area (Å²) in [6.07, 6.45) is 4.30. The fourth-order valence-corrected chi connectivity index (χ4v) is 3.39. The standard InChI is InChI=1S/C18H30N6O2/c1-21(2)13-18(25)17-9-15-11-22(5-4-6-24(15)20-17)12-16-10-19-14-23(16)7-8-26-3/h9-10,14,18,25H,4-8,11-13H2,1-3H3/t18-/m1/s1. The zero-order valence-electron chi connectivity index (χ0n) is 16.0. The third-order valence-electron chi connectivity index (χ3n) is 4.71. The van der Waals surface area contributed by atoms with Gasteiger partial charge in [0.05, 0.1) is 30.0 Å². The molecule has 1 aliphatic rings. The molecule has 1 atom stereocenters. The van der Waals surface area contributed by atoms with Gasteiger partial charge in [0.2, 0.25) is 0 Å². The lowest BCUT2D eigenvalue weighted by Crippen LogP contribution is -2.24. The van der Waals surface area contributed by atoms with Crippen molar-refractivity contribution < 1.29 is 9.84 Å². The Hall–Kier alpha value is -1.74. The van der Waals surface area contributed by atoms with Gasteiger partial charge < -0.3 is 19.3 Å². The van der Waals surface area contributed by atoms with Crippen molar-refractivity contribution in [3.63, 3.8) is 0 Å². The molecule has 2 aromatic rings. The normalized spacial score (nSPS) is 16.7. The van der Waals surface area contributed by atoms with Crippen LogP contribution in [-0.4, -0.2) is 75.1 Å². The summed E-state index contributed by atoms with van der Waals surface area (Å²) in [5, 5.41) is 15.0. The quantitative estimate of drug-likeness (QED) is 0.746. The van der Waals surface area contributed by atoms with Gasteiger partial charge in [0, 0.05) is 52.6 Å². The van der Waals surface area contributed by atoms with E-state index in [-0.39, 0.29) is 0 Å². The molecule has 8 heteroatoms. The molecule has 0 saturated carbocycles. The predicted molar refractivity (Wildman–Crippen MR) is 98.6 cm³/mol. The van der Waals surface area contributed by atoms with Crippen LogP contribution in [-0.2, 0) is 30.9 Å². The molecular weight excluding hydrogens is 332 g/mol. The average Bonchev–Trinajstić information content (AvgIpc) is 3.15. The van der Waals surface area contributed by atoms with E-state index in [1.54, 1.807) is 7.11 Å². The topological polar surface area (TPSA) is 71.6 Å². The first-order chi connectivity index (χ1) is 12.6. The number of aromatic nitrogens is 4. The second-order valence-electron chi connectivity index (χ2n) is 7.20. The van der Waals surface area contributed by atoms with Crippen LogP contribution >= 0.6 is 0 Å². The Labute approximate surface area is 155 Å². The summed E-state index contributed by atoms with van der Waals surface area (Å²) in [5.41, 5.74) is 3.13. The van der Waals surface area contributed by atoms with E-state index in [2.05, 4.69) is 30.3 Å². The maximum atomic E-state index is 10.3. The molecule has 3 rings (SSSR count). The Morgan fingerprint density at radius 1 is 1.35 bits per heavy atom. The van der Waals surface area contributed by atoms with Crippen molar-refractivity contribution >= 4 is 0 Å². The largest absolute Gasteiger partial charge is 0.385 e. The number of imidazole rings is 1. The molecule has 144 valence electrons. The maximum absolute atomic E-state index is 10.3. The Balaban J connectivity index is 1.68. The van der Waals surface area contributed by atoms with Crippen LogP contribution in [0.25, 0.3) is 0 Å². The molecule has 0 aromatic carbocycles. The molecule has 2 aromatic heterocycles. The Kier molecular flexibility index (Phi) is 6.42. The van der Waals surface area contributed by atoms with E-state index in [0.29, 0.717) is 13.2 Å². The molecule has 0 radical (unpaired) electrons. The van der Waals surface area contributed by atoms with Crippen LogP contribution < -0.4 is 0 Å². The number of methoxy groups -OCH3 is 1. The summed E-state index contributed by atoms with van der Waals surface area (Å²) in [5.74, 6) is 0. The smallest absolute Gasteiger partial charge is 0.110 e. The van der Waals surface area contributed by atoms with Gasteiger partial charge in [0.1, 0.15) is 6.10 Å². The van der Waals surface area contributed by atoms with Crippen molar-refractivity contribution in [2.75, 3.05) is 40.9 Å². The van der Waals surface area contributed by atoms with Crippen LogP contribution in [0.15, 0.2) is 18.6 Å². The van der Waals surface area contributed by atoms with Crippen molar-refractivity contribution in [1.29, 1.82) is 0 Å². The van der Waals surface area contributed by atoms with E-state index in [1.807, 2.05) is 31.5 Å². The second kappa shape index (κ2) is 8.77. The third kappa shape index (κ3) is 4.70. The number of aliphatic hydroxyl groups excluding tert-OH is 1. The maximum Gasteiger partial charge on any atom is 0.110 e. The van der Waals surface area contributed by atoms with E-state index < -0.39 is 6.10 Å². The van der Waals surface area contributed by atoms with Crippen LogP contribution in [0.4, 0.5) is 0 Å². The van der Waals surface area contributed by atoms with Crippen LogP contribution in [0, 0.1) is 0 Å². The lowest BCUT2D eigenvalue weighted by Gasteiger charge is -2.20. The predicted octanol–water partition coefficient (Wildman–Crippen LogP) is 0.727. The minimum Gasteiger partial charge on any atom is -0.385 e. The number of fused-ring (bicyclic) bond motifs is 1. The van der Waals surface area contributed by atoms with E-state index in [0.717, 1.165) is 44.8 Å². The first-order valence-corrected chi connectivity index (χ1v) is 9.16. The number of rotatable bonds is 8. The Morgan fingerprint density at radius 2 is 2.19 bits per heavy atom. The summed E-state index contributed by atoms with van der Waals surface area (Å²) < 4.78 is 9.38. The van der Waals surface area contributed by atoms with Crippen molar-refractivity contribution in [3.8, 4) is 0 Å². The SMILES string of the molecule is COCCn1cncc1CN1CCCn2nc([C@H](O)CN(C)C)cc2C1. The zero-order chi connectivity index (χ0) is 18.5. The number of hydrogen-bond acceptors (Lipinski definition) is 6. The van der Waals surface area contributed by atoms with Gasteiger partial charge in [-0.1, -0.05) is 0 Å². The lowest BCUT2D eigenvalue weighted by atomic mass is 10.2. The van der Waals surface area contributed by atoms with E-state index >= 15 is 0 Å². The summed E-state index contributed by atoms with van der Waals surface area (Å²) in [6.45, 7) is 5.68. The molecule has 1 aliphatic heterocycles. The number of aliphatic hydroxyl groups is 1. The summed E-state index contributed by atoms with van der Waals surface area (Å²) in [7, 11) is 5.63. The number of nitrogens with zero attached hydrogens (tertiary/aromatic N) is 6. The van der Waals surface area contributed by atoms with Gasteiger partial charge >= 0.3 is 0 Å². The van der Waals surface area contributed by atoms with E-state index in [1.165, 1.54) is 11.4 Å². The highest BCUT2D eigenvalue weighted by atomic mass is 16.5. The van der Waals surface area contributed by atoms with Crippen LogP contribution in [0.5, 0.6) is 0 Å². The van der Waals surface area contributed by atoms with Crippen molar-refractivity contribution in [3.05, 3.63) is 35.7 Å². The fraction of sp³-hybridized carbons (Fsp3) is 0.667. The molecule has 0 aliphatic carbocycles. The Bertz CT molecular complexity index is 696. The second-order valence-corrected chi connectivity index (χ2v) is 7.20. The monoisotopic (exact) mass is 362 g/mol. The molecule has 0 bridgehead atoms. The van der Waals surface area contributed by atoms with Crippen LogP contribution in [0.3, 0.4) is 0 Å².